The number of esters is 1. The van der Waals surface area contributed by atoms with E-state index in [0.29, 0.717) is 15.7 Å². The van der Waals surface area contributed by atoms with E-state index in [1.54, 1.807) is 0 Å². The summed E-state index contributed by atoms with van der Waals surface area (Å²) >= 11 is 1.87. The second-order valence-corrected chi connectivity index (χ2v) is 6.83. The molecule has 1 aromatic rings. The normalized spacial score (nSPS) is 11.0. The van der Waals surface area contributed by atoms with Gasteiger partial charge in [-0.3, -0.25) is 0 Å². The van der Waals surface area contributed by atoms with Crippen molar-refractivity contribution < 1.29 is 13.9 Å². The molecule has 1 rings (SSSR count). The molecule has 0 saturated heterocycles. The van der Waals surface area contributed by atoms with E-state index in [0.717, 1.165) is 26.1 Å². The van der Waals surface area contributed by atoms with Crippen LogP contribution in [0.15, 0.2) is 18.2 Å². The number of hydrogen-bond donors (Lipinski definition) is 0. The lowest BCUT2D eigenvalue weighted by Gasteiger charge is -2.21. The predicted octanol–water partition coefficient (Wildman–Crippen LogP) is 4.88. The molecule has 0 fully saturated rings. The summed E-state index contributed by atoms with van der Waals surface area (Å²) in [6.45, 7) is 7.98. The molecule has 0 heterocycles. The molecular formula is C18H27FINO2. The third-order valence-electron chi connectivity index (χ3n) is 3.66. The molecule has 3 nitrogen and oxygen atoms in total. The molecule has 0 atom stereocenters. The van der Waals surface area contributed by atoms with E-state index in [4.69, 9.17) is 4.74 Å². The molecule has 23 heavy (non-hydrogen) atoms. The minimum atomic E-state index is -0.378. The van der Waals surface area contributed by atoms with Crippen LogP contribution in [0.1, 0.15) is 56.3 Å². The quantitative estimate of drug-likeness (QED) is 0.282. The lowest BCUT2D eigenvalue weighted by molar-refractivity contribution is 0.0487. The zero-order valence-corrected chi connectivity index (χ0v) is 16.3. The van der Waals surface area contributed by atoms with Crippen molar-refractivity contribution in [2.75, 3.05) is 26.2 Å². The molecule has 0 bridgehead atoms. The smallest absolute Gasteiger partial charge is 0.338 e. The van der Waals surface area contributed by atoms with Crippen molar-refractivity contribution in [3.8, 4) is 0 Å². The molecule has 0 N–H and O–H groups in total. The number of unbranched alkanes of at least 4 members (excludes halogenated alkanes) is 2. The Morgan fingerprint density at radius 2 is 1.74 bits per heavy atom. The topological polar surface area (TPSA) is 29.5 Å². The van der Waals surface area contributed by atoms with Gasteiger partial charge < -0.3 is 9.64 Å². The summed E-state index contributed by atoms with van der Waals surface area (Å²) in [4.78, 5) is 14.4. The van der Waals surface area contributed by atoms with Gasteiger partial charge in [-0.05, 0) is 73.1 Å². The number of rotatable bonds is 11. The van der Waals surface area contributed by atoms with Gasteiger partial charge in [0.05, 0.1) is 12.2 Å². The molecule has 0 aliphatic heterocycles. The number of nitrogens with zero attached hydrogens (tertiary/aromatic N) is 1. The van der Waals surface area contributed by atoms with Crippen LogP contribution < -0.4 is 0 Å². The molecule has 0 amide bonds. The first-order chi connectivity index (χ1) is 11.1. The highest BCUT2D eigenvalue weighted by molar-refractivity contribution is 14.1. The van der Waals surface area contributed by atoms with E-state index in [2.05, 4.69) is 18.7 Å². The Hall–Kier alpha value is -0.690. The summed E-state index contributed by atoms with van der Waals surface area (Å²) in [5.41, 5.74) is 0.407. The van der Waals surface area contributed by atoms with Crippen LogP contribution in [0.3, 0.4) is 0 Å². The van der Waals surface area contributed by atoms with Crippen LogP contribution in [0, 0.1) is 9.39 Å². The second-order valence-electron chi connectivity index (χ2n) is 5.67. The highest BCUT2D eigenvalue weighted by Crippen LogP contribution is 2.13. The predicted molar refractivity (Wildman–Crippen MR) is 100 cm³/mol. The molecule has 5 heteroatoms. The molecule has 130 valence electrons. The van der Waals surface area contributed by atoms with Gasteiger partial charge in [-0.25, -0.2) is 9.18 Å². The Morgan fingerprint density at radius 3 is 2.30 bits per heavy atom. The summed E-state index contributed by atoms with van der Waals surface area (Å²) in [7, 11) is 0. The standard InChI is InChI=1S/C18H27FINO2/c1-3-5-10-21(11-6-4-2)12-7-13-23-18(22)15-8-9-16(19)17(20)14-15/h8-9,14H,3-7,10-13H2,1-2H3. The summed E-state index contributed by atoms with van der Waals surface area (Å²) in [6.07, 6.45) is 5.63. The summed E-state index contributed by atoms with van der Waals surface area (Å²) in [5.74, 6) is -0.693. The average Bonchev–Trinajstić information content (AvgIpc) is 2.55. The van der Waals surface area contributed by atoms with Gasteiger partial charge in [0.25, 0.3) is 0 Å². The van der Waals surface area contributed by atoms with Crippen molar-refractivity contribution in [2.24, 2.45) is 0 Å². The lowest BCUT2D eigenvalue weighted by atomic mass is 10.2. The molecule has 0 aliphatic rings. The molecule has 0 saturated carbocycles. The Labute approximate surface area is 152 Å². The zero-order valence-electron chi connectivity index (χ0n) is 14.1. The van der Waals surface area contributed by atoms with E-state index >= 15 is 0 Å². The molecule has 1 aromatic carbocycles. The maximum atomic E-state index is 13.2. The van der Waals surface area contributed by atoms with E-state index in [1.807, 2.05) is 22.6 Å². The van der Waals surface area contributed by atoms with E-state index in [1.165, 1.54) is 43.9 Å². The number of ether oxygens (including phenoxy) is 1. The molecule has 0 aromatic heterocycles. The first-order valence-electron chi connectivity index (χ1n) is 8.43. The number of benzene rings is 1. The maximum absolute atomic E-state index is 13.2. The molecular weight excluding hydrogens is 408 g/mol. The zero-order chi connectivity index (χ0) is 17.1. The van der Waals surface area contributed by atoms with Gasteiger partial charge >= 0.3 is 5.97 Å². The van der Waals surface area contributed by atoms with E-state index < -0.39 is 0 Å². The summed E-state index contributed by atoms with van der Waals surface area (Å²) in [6, 6.07) is 4.29. The largest absolute Gasteiger partial charge is 0.462 e. The summed E-state index contributed by atoms with van der Waals surface area (Å²) < 4.78 is 18.9. The Kier molecular flexibility index (Phi) is 10.4. The number of hydrogen-bond acceptors (Lipinski definition) is 3. The Morgan fingerprint density at radius 1 is 1.13 bits per heavy atom. The molecule has 0 aliphatic carbocycles. The molecule has 0 spiro atoms. The minimum Gasteiger partial charge on any atom is -0.462 e. The highest BCUT2D eigenvalue weighted by Gasteiger charge is 2.10. The molecule has 0 unspecified atom stereocenters. The van der Waals surface area contributed by atoms with Crippen molar-refractivity contribution in [3.05, 3.63) is 33.1 Å². The fourth-order valence-corrected chi connectivity index (χ4v) is 2.77. The highest BCUT2D eigenvalue weighted by atomic mass is 127. The van der Waals surface area contributed by atoms with Crippen LogP contribution >= 0.6 is 22.6 Å². The number of carbonyl (C=O) groups is 1. The Balaban J connectivity index is 2.33. The van der Waals surface area contributed by atoms with Crippen molar-refractivity contribution >= 4 is 28.6 Å². The van der Waals surface area contributed by atoms with Gasteiger partial charge in [-0.15, -0.1) is 0 Å². The number of carbonyl (C=O) groups excluding carboxylic acids is 1. The first-order valence-corrected chi connectivity index (χ1v) is 9.50. The van der Waals surface area contributed by atoms with Gasteiger partial charge in [0.1, 0.15) is 5.82 Å². The van der Waals surface area contributed by atoms with Crippen LogP contribution in [0.5, 0.6) is 0 Å². The first kappa shape index (κ1) is 20.4. The summed E-state index contributed by atoms with van der Waals surface area (Å²) in [5, 5.41) is 0. The van der Waals surface area contributed by atoms with Crippen LogP contribution in [-0.4, -0.2) is 37.1 Å². The second kappa shape index (κ2) is 11.8. The third-order valence-corrected chi connectivity index (χ3v) is 4.49. The van der Waals surface area contributed by atoms with Gasteiger partial charge in [0.2, 0.25) is 0 Å². The van der Waals surface area contributed by atoms with Crippen molar-refractivity contribution in [1.29, 1.82) is 0 Å². The lowest BCUT2D eigenvalue weighted by Crippen LogP contribution is -2.28. The number of halogens is 2. The Bertz CT molecular complexity index is 474. The van der Waals surface area contributed by atoms with E-state index in [9.17, 15) is 9.18 Å². The van der Waals surface area contributed by atoms with Gasteiger partial charge in [0, 0.05) is 10.1 Å². The van der Waals surface area contributed by atoms with Crippen LogP contribution in [0.25, 0.3) is 0 Å². The average molecular weight is 435 g/mol. The fraction of sp³-hybridized carbons (Fsp3) is 0.611. The van der Waals surface area contributed by atoms with Crippen LogP contribution in [0.2, 0.25) is 0 Å². The van der Waals surface area contributed by atoms with Gasteiger partial charge in [-0.1, -0.05) is 26.7 Å². The third kappa shape index (κ3) is 8.11. The van der Waals surface area contributed by atoms with Crippen molar-refractivity contribution in [1.82, 2.24) is 4.90 Å². The van der Waals surface area contributed by atoms with E-state index in [-0.39, 0.29) is 11.8 Å². The maximum Gasteiger partial charge on any atom is 0.338 e. The van der Waals surface area contributed by atoms with Gasteiger partial charge in [0.15, 0.2) is 0 Å². The van der Waals surface area contributed by atoms with Crippen molar-refractivity contribution in [3.63, 3.8) is 0 Å². The minimum absolute atomic E-state index is 0.315. The van der Waals surface area contributed by atoms with Gasteiger partial charge in [-0.2, -0.15) is 0 Å². The van der Waals surface area contributed by atoms with Crippen molar-refractivity contribution in [2.45, 2.75) is 46.0 Å². The fourth-order valence-electron chi connectivity index (χ4n) is 2.26. The molecule has 0 radical (unpaired) electrons. The SMILES string of the molecule is CCCCN(CCCC)CCCOC(=O)c1ccc(F)c(I)c1. The van der Waals surface area contributed by atoms with Crippen LogP contribution in [0.4, 0.5) is 4.39 Å². The van der Waals surface area contributed by atoms with Crippen LogP contribution in [-0.2, 0) is 4.74 Å². The monoisotopic (exact) mass is 435 g/mol.